The average Bonchev–Trinajstić information content (AvgIpc) is 3.20. The van der Waals surface area contributed by atoms with E-state index in [-0.39, 0.29) is 29.0 Å². The molecule has 1 aliphatic heterocycles. The van der Waals surface area contributed by atoms with Gasteiger partial charge >= 0.3 is 0 Å². The molecular formula is C23H29FN8O. The molecule has 2 aliphatic rings. The fourth-order valence-corrected chi connectivity index (χ4v) is 5.01. The van der Waals surface area contributed by atoms with E-state index in [9.17, 15) is 9.18 Å². The lowest BCUT2D eigenvalue weighted by molar-refractivity contribution is -0.126. The zero-order valence-corrected chi connectivity index (χ0v) is 18.5. The Bertz CT molecular complexity index is 1170. The number of aromatic amines is 1. The molecule has 1 amide bonds. The summed E-state index contributed by atoms with van der Waals surface area (Å²) in [6, 6.07) is 5.20. The number of nitrogens with zero attached hydrogens (tertiary/aromatic N) is 4. The highest BCUT2D eigenvalue weighted by Crippen LogP contribution is 2.31. The zero-order valence-electron chi connectivity index (χ0n) is 18.5. The summed E-state index contributed by atoms with van der Waals surface area (Å²) in [7, 11) is 0. The number of amides is 1. The summed E-state index contributed by atoms with van der Waals surface area (Å²) >= 11 is 0. The number of hydrogen-bond donors (Lipinski definition) is 4. The molecule has 1 aromatic carbocycles. The van der Waals surface area contributed by atoms with Crippen molar-refractivity contribution < 1.29 is 9.18 Å². The number of rotatable bonds is 4. The Hall–Kier alpha value is -3.43. The molecule has 5 rings (SSSR count). The highest BCUT2D eigenvalue weighted by molar-refractivity contribution is 5.92. The summed E-state index contributed by atoms with van der Waals surface area (Å²) in [5.74, 6) is 0.395. The number of hydrogen-bond acceptors (Lipinski definition) is 7. The van der Waals surface area contributed by atoms with Crippen LogP contribution in [0.5, 0.6) is 0 Å². The maximum absolute atomic E-state index is 14.6. The number of H-pyrrole nitrogens is 1. The van der Waals surface area contributed by atoms with E-state index in [2.05, 4.69) is 30.4 Å². The summed E-state index contributed by atoms with van der Waals surface area (Å²) in [6.07, 6.45) is 7.49. The highest BCUT2D eigenvalue weighted by Gasteiger charge is 2.29. The van der Waals surface area contributed by atoms with Crippen molar-refractivity contribution in [1.82, 2.24) is 25.5 Å². The zero-order chi connectivity index (χ0) is 22.9. The Labute approximate surface area is 191 Å². The second-order valence-electron chi connectivity index (χ2n) is 9.09. The Morgan fingerprint density at radius 3 is 2.73 bits per heavy atom. The maximum atomic E-state index is 14.6. The minimum absolute atomic E-state index is 0.0953. The number of carbonyl (C=O) groups excluding carboxylic acids is 1. The molecule has 3 aromatic rings. The molecule has 0 bridgehead atoms. The first-order valence-corrected chi connectivity index (χ1v) is 11.6. The second-order valence-corrected chi connectivity index (χ2v) is 9.09. The topological polar surface area (TPSA) is 139 Å². The van der Waals surface area contributed by atoms with E-state index in [0.717, 1.165) is 32.2 Å². The number of aromatic nitrogens is 4. The van der Waals surface area contributed by atoms with Crippen LogP contribution in [0.3, 0.4) is 0 Å². The number of benzene rings is 1. The van der Waals surface area contributed by atoms with Crippen LogP contribution in [0.15, 0.2) is 18.2 Å². The number of fused-ring (bicyclic) bond motifs is 1. The van der Waals surface area contributed by atoms with Crippen molar-refractivity contribution >= 4 is 34.4 Å². The van der Waals surface area contributed by atoms with Gasteiger partial charge < -0.3 is 21.7 Å². The Morgan fingerprint density at radius 1 is 1.09 bits per heavy atom. The molecule has 1 saturated heterocycles. The quantitative estimate of drug-likeness (QED) is 0.477. The number of anilines is 3. The lowest BCUT2D eigenvalue weighted by atomic mass is 9.93. The van der Waals surface area contributed by atoms with Crippen LogP contribution in [0, 0.1) is 11.7 Å². The third kappa shape index (κ3) is 4.42. The smallest absolute Gasteiger partial charge is 0.225 e. The van der Waals surface area contributed by atoms with Gasteiger partial charge in [0.25, 0.3) is 0 Å². The van der Waals surface area contributed by atoms with Crippen molar-refractivity contribution in [2.75, 3.05) is 29.5 Å². The molecule has 9 nitrogen and oxygen atoms in total. The third-order valence-electron chi connectivity index (χ3n) is 6.74. The van der Waals surface area contributed by atoms with E-state index >= 15 is 0 Å². The van der Waals surface area contributed by atoms with Crippen LogP contribution >= 0.6 is 0 Å². The molecule has 1 unspecified atom stereocenters. The fourth-order valence-electron chi connectivity index (χ4n) is 5.01. The van der Waals surface area contributed by atoms with Gasteiger partial charge in [-0.3, -0.25) is 9.89 Å². The molecular weight excluding hydrogens is 423 g/mol. The van der Waals surface area contributed by atoms with Crippen molar-refractivity contribution in [3.8, 4) is 11.3 Å². The monoisotopic (exact) mass is 452 g/mol. The molecule has 6 N–H and O–H groups in total. The van der Waals surface area contributed by atoms with Gasteiger partial charge in [0.1, 0.15) is 11.6 Å². The van der Waals surface area contributed by atoms with E-state index < -0.39 is 5.82 Å². The number of carbonyl (C=O) groups is 1. The highest BCUT2D eigenvalue weighted by atomic mass is 19.1. The molecule has 3 heterocycles. The number of halogens is 1. The molecule has 0 spiro atoms. The first-order valence-electron chi connectivity index (χ1n) is 11.6. The van der Waals surface area contributed by atoms with Crippen LogP contribution in [0.2, 0.25) is 0 Å². The van der Waals surface area contributed by atoms with Crippen molar-refractivity contribution in [2.24, 2.45) is 5.92 Å². The number of nitrogens with one attached hydrogen (secondary N) is 2. The van der Waals surface area contributed by atoms with Crippen LogP contribution in [-0.4, -0.2) is 45.2 Å². The van der Waals surface area contributed by atoms with Gasteiger partial charge in [-0.1, -0.05) is 19.3 Å². The Morgan fingerprint density at radius 2 is 1.91 bits per heavy atom. The maximum Gasteiger partial charge on any atom is 0.225 e. The van der Waals surface area contributed by atoms with Crippen molar-refractivity contribution in [3.63, 3.8) is 0 Å². The predicted octanol–water partition coefficient (Wildman–Crippen LogP) is 2.99. The summed E-state index contributed by atoms with van der Waals surface area (Å²) in [4.78, 5) is 23.7. The Kier molecular flexibility index (Phi) is 5.74. The van der Waals surface area contributed by atoms with Gasteiger partial charge in [-0.25, -0.2) is 9.37 Å². The van der Waals surface area contributed by atoms with Crippen LogP contribution in [-0.2, 0) is 4.79 Å². The summed E-state index contributed by atoms with van der Waals surface area (Å²) in [5, 5.41) is 10.1. The SMILES string of the molecule is Nc1nc(-c2cc(F)c3c(N)n[nH]c3c2)cc(N2CCCC(C(=O)NC3CCCCC3)C2)n1. The van der Waals surface area contributed by atoms with E-state index in [1.807, 2.05) is 0 Å². The molecule has 1 atom stereocenters. The lowest BCUT2D eigenvalue weighted by Gasteiger charge is -2.34. The molecule has 1 aliphatic carbocycles. The molecule has 2 aromatic heterocycles. The van der Waals surface area contributed by atoms with Gasteiger partial charge in [-0.05, 0) is 37.8 Å². The number of piperidine rings is 1. The molecule has 10 heteroatoms. The van der Waals surface area contributed by atoms with Gasteiger partial charge in [0, 0.05) is 30.8 Å². The van der Waals surface area contributed by atoms with Gasteiger partial charge in [0.2, 0.25) is 11.9 Å². The standard InChI is InChI=1S/C23H29FN8O/c24-16-9-14(10-18-20(16)21(25)31-30-18)17-11-19(29-23(26)28-17)32-8-4-5-13(12-32)22(33)27-15-6-2-1-3-7-15/h9-11,13,15H,1-8,12H2,(H,27,33)(H3,25,30,31)(H2,26,28,29). The van der Waals surface area contributed by atoms with Crippen LogP contribution in [0.25, 0.3) is 22.2 Å². The van der Waals surface area contributed by atoms with Gasteiger partial charge in [-0.2, -0.15) is 10.1 Å². The molecule has 2 fully saturated rings. The lowest BCUT2D eigenvalue weighted by Crippen LogP contribution is -2.46. The number of nitrogens with two attached hydrogens (primary N) is 2. The van der Waals surface area contributed by atoms with Crippen LogP contribution in [0.4, 0.5) is 22.0 Å². The van der Waals surface area contributed by atoms with Crippen molar-refractivity contribution in [1.29, 1.82) is 0 Å². The van der Waals surface area contributed by atoms with Crippen LogP contribution < -0.4 is 21.7 Å². The average molecular weight is 453 g/mol. The van der Waals surface area contributed by atoms with E-state index in [1.54, 1.807) is 12.1 Å². The van der Waals surface area contributed by atoms with Crippen molar-refractivity contribution in [3.05, 3.63) is 24.0 Å². The largest absolute Gasteiger partial charge is 0.382 e. The number of nitrogen functional groups attached to an aromatic ring is 2. The first-order chi connectivity index (χ1) is 16.0. The van der Waals surface area contributed by atoms with Crippen molar-refractivity contribution in [2.45, 2.75) is 51.0 Å². The van der Waals surface area contributed by atoms with Gasteiger partial charge in [-0.15, -0.1) is 0 Å². The minimum Gasteiger partial charge on any atom is -0.382 e. The van der Waals surface area contributed by atoms with Crippen LogP contribution in [0.1, 0.15) is 44.9 Å². The Balaban J connectivity index is 1.37. The summed E-state index contributed by atoms with van der Waals surface area (Å²) in [5.41, 5.74) is 13.3. The van der Waals surface area contributed by atoms with E-state index in [1.165, 1.54) is 25.3 Å². The minimum atomic E-state index is -0.482. The molecule has 0 radical (unpaired) electrons. The second kappa shape index (κ2) is 8.84. The van der Waals surface area contributed by atoms with Gasteiger partial charge in [0.15, 0.2) is 5.82 Å². The van der Waals surface area contributed by atoms with Gasteiger partial charge in [0.05, 0.1) is 22.5 Å². The summed E-state index contributed by atoms with van der Waals surface area (Å²) in [6.45, 7) is 1.34. The molecule has 174 valence electrons. The van der Waals surface area contributed by atoms with E-state index in [0.29, 0.717) is 35.2 Å². The first kappa shape index (κ1) is 21.4. The molecule has 1 saturated carbocycles. The third-order valence-corrected chi connectivity index (χ3v) is 6.74. The normalized spacial score (nSPS) is 19.7. The molecule has 33 heavy (non-hydrogen) atoms. The van der Waals surface area contributed by atoms with E-state index in [4.69, 9.17) is 11.5 Å². The fraction of sp³-hybridized carbons (Fsp3) is 0.478. The summed E-state index contributed by atoms with van der Waals surface area (Å²) < 4.78 is 14.6. The predicted molar refractivity (Wildman–Crippen MR) is 126 cm³/mol.